The molecule has 0 aliphatic carbocycles. The Labute approximate surface area is 702 Å². The summed E-state index contributed by atoms with van der Waals surface area (Å²) < 4.78 is 108. The molecule has 6 aromatic heterocycles. The average molecular weight is 1750 g/mol. The van der Waals surface area contributed by atoms with E-state index in [-0.39, 0.29) is 28.6 Å². The van der Waals surface area contributed by atoms with Gasteiger partial charge in [0.25, 0.3) is 0 Å². The van der Waals surface area contributed by atoms with Crippen LogP contribution < -0.4 is 78.5 Å². The fraction of sp³-hybridized carbons (Fsp3) is 0.275. The molecule has 41 heteroatoms. The van der Waals surface area contributed by atoms with E-state index in [1.165, 1.54) is 51.7 Å². The number of benzene rings is 6. The van der Waals surface area contributed by atoms with Gasteiger partial charge in [-0.05, 0) is 60.7 Å². The number of imidazole rings is 6. The van der Waals surface area contributed by atoms with Gasteiger partial charge in [0, 0.05) is 65.2 Å². The van der Waals surface area contributed by atoms with E-state index in [2.05, 4.69) is 121 Å². The summed E-state index contributed by atoms with van der Waals surface area (Å²) in [5, 5.41) is 16.8. The monoisotopic (exact) mass is 1750 g/mol. The van der Waals surface area contributed by atoms with Gasteiger partial charge in [0.15, 0.2) is 46.3 Å². The number of amides is 3. The third-order valence-corrected chi connectivity index (χ3v) is 19.6. The second-order valence-corrected chi connectivity index (χ2v) is 28.1. The number of hydrogen-bond acceptors (Lipinski definition) is 26. The molecule has 0 radical (unpaired) electrons. The summed E-state index contributed by atoms with van der Waals surface area (Å²) in [6.07, 6.45) is 18.4. The van der Waals surface area contributed by atoms with Crippen molar-refractivity contribution in [2.75, 3.05) is 153 Å². The van der Waals surface area contributed by atoms with E-state index in [1.807, 2.05) is 57.3 Å². The molecule has 0 saturated heterocycles. The number of hydrogen-bond donors (Lipinski definition) is 9. The summed E-state index contributed by atoms with van der Waals surface area (Å²) in [6.45, 7) is 10.9. The molecule has 121 heavy (non-hydrogen) atoms. The van der Waals surface area contributed by atoms with Gasteiger partial charge in [-0.2, -0.15) is 5.26 Å². The molecule has 0 saturated carbocycles. The second kappa shape index (κ2) is 40.8. The third kappa shape index (κ3) is 22.0. The minimum Gasteiger partial charge on any atom is -0.494 e. The van der Waals surface area contributed by atoms with Crippen LogP contribution in [0.25, 0.3) is 0 Å². The highest BCUT2D eigenvalue weighted by atomic mass is 79.9. The Balaban J connectivity index is 0.000000126. The van der Waals surface area contributed by atoms with E-state index in [0.29, 0.717) is 154 Å². The van der Waals surface area contributed by atoms with Crippen LogP contribution in [0.15, 0.2) is 158 Å². The largest absolute Gasteiger partial charge is 0.494 e. The van der Waals surface area contributed by atoms with Crippen LogP contribution >= 0.6 is 27.5 Å². The Morgan fingerprint density at radius 1 is 0.438 bits per heavy atom. The third-order valence-electron chi connectivity index (χ3n) is 18.9. The Bertz CT molecular complexity index is 5340. The number of nitrogens with zero attached hydrogens (tertiary/aromatic N) is 13. The maximum absolute atomic E-state index is 14.2. The normalized spacial score (nSPS) is 13.6. The molecule has 0 bridgehead atoms. The summed E-state index contributed by atoms with van der Waals surface area (Å²) in [7, 11) is 5.46. The van der Waals surface area contributed by atoms with Crippen LogP contribution in [0, 0.1) is 34.6 Å². The fourth-order valence-electron chi connectivity index (χ4n) is 13.3. The number of H-pyrrole nitrogens is 6. The van der Waals surface area contributed by atoms with Gasteiger partial charge in [-0.3, -0.25) is 16.0 Å². The Morgan fingerprint density at radius 2 is 0.810 bits per heavy atom. The quantitative estimate of drug-likeness (QED) is 0.0320. The number of rotatable bonds is 16. The SMILES string of the molecule is COC(=O)Nc1cc(Cl)c2c(c1)N(Cc1cnc[nH]1)CCO2.COC(=O)Nc1cc(F)c2c(c1)N(Cc1cnc[nH]1)CCO2.COC(=O)Nc1cc2c(cc1F)OCCN2Cc1cnc[nH]1.COc1cccc2c1N(Cc1cnc[nH]1)CCO2.Fc1cc(Br)cc2c1OCCN2Cc1cnc[nH]1.N#Cc1cc(F)c2c(c1)N(Cc1cnc[nH]1)CCO2. The van der Waals surface area contributed by atoms with Gasteiger partial charge in [-0.1, -0.05) is 33.6 Å². The molecule has 35 nitrogen and oxygen atoms in total. The van der Waals surface area contributed by atoms with E-state index >= 15 is 0 Å². The molecule has 18 rings (SSSR count). The predicted octanol–water partition coefficient (Wildman–Crippen LogP) is 13.2. The van der Waals surface area contributed by atoms with Gasteiger partial charge in [0.2, 0.25) is 0 Å². The average Bonchev–Trinajstić information content (AvgIpc) is 1.60. The maximum atomic E-state index is 14.2. The molecule has 6 aromatic carbocycles. The minimum absolute atomic E-state index is 0.0470. The smallest absolute Gasteiger partial charge is 0.411 e. The van der Waals surface area contributed by atoms with Crippen molar-refractivity contribution in [2.45, 2.75) is 39.3 Å². The van der Waals surface area contributed by atoms with Crippen molar-refractivity contribution in [3.05, 3.63) is 226 Å². The first kappa shape index (κ1) is 84.7. The predicted molar refractivity (Wildman–Crippen MR) is 441 cm³/mol. The molecule has 0 unspecified atom stereocenters. The Hall–Kier alpha value is -14.2. The number of carbonyl (C=O) groups excluding carboxylic acids is 3. The first-order chi connectivity index (χ1) is 58.9. The van der Waals surface area contributed by atoms with E-state index in [0.717, 1.165) is 82.4 Å². The van der Waals surface area contributed by atoms with Crippen LogP contribution in [-0.2, 0) is 53.5 Å². The van der Waals surface area contributed by atoms with Gasteiger partial charge in [-0.25, -0.2) is 61.8 Å². The summed E-state index contributed by atoms with van der Waals surface area (Å²) in [6, 6.07) is 23.1. The topological polar surface area (TPSA) is 395 Å². The molecule has 0 spiro atoms. The van der Waals surface area contributed by atoms with Crippen LogP contribution in [0.5, 0.6) is 40.2 Å². The number of nitriles is 1. The minimum atomic E-state index is -0.726. The highest BCUT2D eigenvalue weighted by Gasteiger charge is 2.30. The lowest BCUT2D eigenvalue weighted by atomic mass is 10.1. The Morgan fingerprint density at radius 3 is 1.25 bits per heavy atom. The summed E-state index contributed by atoms with van der Waals surface area (Å²) >= 11 is 9.56. The number of aromatic amines is 6. The van der Waals surface area contributed by atoms with E-state index in [1.54, 1.807) is 94.3 Å². The lowest BCUT2D eigenvalue weighted by Gasteiger charge is -2.32. The molecule has 6 aliphatic rings. The van der Waals surface area contributed by atoms with Crippen molar-refractivity contribution in [1.29, 1.82) is 5.26 Å². The first-order valence-electron chi connectivity index (χ1n) is 37.5. The van der Waals surface area contributed by atoms with Crippen LogP contribution in [0.1, 0.15) is 39.7 Å². The second-order valence-electron chi connectivity index (χ2n) is 26.8. The van der Waals surface area contributed by atoms with Gasteiger partial charge in [-0.15, -0.1) is 0 Å². The molecule has 6 aliphatic heterocycles. The van der Waals surface area contributed by atoms with E-state index < -0.39 is 35.7 Å². The van der Waals surface area contributed by atoms with Crippen molar-refractivity contribution in [2.24, 2.45) is 0 Å². The highest BCUT2D eigenvalue weighted by Crippen LogP contribution is 2.45. The molecule has 0 atom stereocenters. The number of anilines is 9. The number of methoxy groups -OCH3 is 4. The number of ether oxygens (including phenoxy) is 10. The van der Waals surface area contributed by atoms with Gasteiger partial charge in [0.1, 0.15) is 62.6 Å². The van der Waals surface area contributed by atoms with Crippen molar-refractivity contribution in [1.82, 2.24) is 59.8 Å². The zero-order valence-electron chi connectivity index (χ0n) is 65.6. The van der Waals surface area contributed by atoms with Crippen LogP contribution in [0.2, 0.25) is 5.02 Å². The first-order valence-corrected chi connectivity index (χ1v) is 38.6. The standard InChI is InChI=1S/C14H15ClN4O3.2C14H15FN4O3.C13H11FN4O.C13H15N3O2.C12H11BrFN3O/c1-21-14(20)18-9-4-11(15)13-12(5-9)19(2-3-22-13)7-10-6-16-8-17-10;1-21-14(20)18-11-5-12-13(4-10(11)15)22-3-2-19(12)7-9-6-16-8-17-9;1-21-14(20)18-9-4-11(15)13-12(5-9)19(2-3-22-13)7-10-6-16-8-17-10;14-11-3-9(5-15)4-12-13(11)19-2-1-18(12)7-10-6-16-8-17-10;1-17-11-3-2-4-12-13(11)16(5-6-18-12)8-10-7-14-9-15-10;13-8-3-10(14)12-11(4-8)17(1-2-18-12)6-9-5-15-7-16-9/h3*4-6,8H,2-3,7H2,1H3,(H,16,17)(H,18,20);3-4,6,8H,1-2,7H2,(H,16,17);2-4,7,9H,5-6,8H2,1H3,(H,14,15);3-5,7H,1-2,6H2,(H,15,16). The highest BCUT2D eigenvalue weighted by molar-refractivity contribution is 9.10. The zero-order valence-corrected chi connectivity index (χ0v) is 67.9. The van der Waals surface area contributed by atoms with Gasteiger partial charge >= 0.3 is 18.3 Å². The lowest BCUT2D eigenvalue weighted by molar-refractivity contribution is 0.186. The van der Waals surface area contributed by atoms with Crippen LogP contribution in [-0.4, -0.2) is 185 Å². The summed E-state index contributed by atoms with van der Waals surface area (Å²) in [4.78, 5) is 88.5. The molecular formula is C80H82BrClF4N22O13. The van der Waals surface area contributed by atoms with E-state index in [4.69, 9.17) is 50.0 Å². The molecule has 12 heterocycles. The Kier molecular flexibility index (Phi) is 28.5. The van der Waals surface area contributed by atoms with Crippen molar-refractivity contribution in [3.63, 3.8) is 0 Å². The van der Waals surface area contributed by atoms with E-state index in [9.17, 15) is 31.9 Å². The number of para-hydroxylation sites is 1. The lowest BCUT2D eigenvalue weighted by Crippen LogP contribution is -2.33. The number of nitrogens with one attached hydrogen (secondary N) is 9. The van der Waals surface area contributed by atoms with Crippen LogP contribution in [0.3, 0.4) is 0 Å². The van der Waals surface area contributed by atoms with Gasteiger partial charge < -0.3 is 107 Å². The van der Waals surface area contributed by atoms with Crippen LogP contribution in [0.4, 0.5) is 83.1 Å². The summed E-state index contributed by atoms with van der Waals surface area (Å²) in [5.41, 5.74) is 11.5. The van der Waals surface area contributed by atoms with Crippen molar-refractivity contribution < 1.29 is 79.3 Å². The molecular weight excluding hydrogens is 1670 g/mol. The number of carbonyl (C=O) groups is 3. The zero-order chi connectivity index (χ0) is 84.7. The maximum Gasteiger partial charge on any atom is 0.411 e. The molecule has 12 aromatic rings. The fourth-order valence-corrected chi connectivity index (χ4v) is 14.0. The molecule has 3 amide bonds. The molecule has 9 N–H and O–H groups in total. The molecule has 0 fully saturated rings. The number of aromatic nitrogens is 12. The molecule has 632 valence electrons. The number of fused-ring (bicyclic) bond motifs is 6. The number of halogens is 6. The van der Waals surface area contributed by atoms with Crippen molar-refractivity contribution in [3.8, 4) is 46.3 Å². The van der Waals surface area contributed by atoms with Crippen molar-refractivity contribution >= 4 is 97.0 Å². The summed E-state index contributed by atoms with van der Waals surface area (Å²) in [5.74, 6) is 1.55. The van der Waals surface area contributed by atoms with Gasteiger partial charge in [0.05, 0.1) is 230 Å².